The van der Waals surface area contributed by atoms with E-state index in [-0.39, 0.29) is 11.6 Å². The number of urea groups is 1. The van der Waals surface area contributed by atoms with Gasteiger partial charge in [0.05, 0.1) is 17.8 Å². The van der Waals surface area contributed by atoms with Gasteiger partial charge in [0.1, 0.15) is 5.82 Å². The molecule has 4 rings (SSSR count). The maximum absolute atomic E-state index is 13.2. The van der Waals surface area contributed by atoms with Gasteiger partial charge in [-0.25, -0.2) is 9.78 Å². The molecule has 1 unspecified atom stereocenters. The maximum Gasteiger partial charge on any atom is 0.318 e. The molecule has 2 aromatic heterocycles. The highest BCUT2D eigenvalue weighted by Crippen LogP contribution is 2.41. The third-order valence-electron chi connectivity index (χ3n) is 6.92. The summed E-state index contributed by atoms with van der Waals surface area (Å²) in [5.74, 6) is 2.59. The van der Waals surface area contributed by atoms with E-state index in [0.717, 1.165) is 24.2 Å². The molecule has 3 N–H and O–H groups in total. The monoisotopic (exact) mass is 441 g/mol. The SMILES string of the molecule is C[C@H]1CN(C)C(C)(CNC(=O)N2Cc3c(Nc4ccnc(N(C)C)n4)n[nH]c3C2(C)C)C1. The molecule has 32 heavy (non-hydrogen) atoms. The summed E-state index contributed by atoms with van der Waals surface area (Å²) in [5, 5.41) is 14.1. The van der Waals surface area contributed by atoms with Crippen LogP contribution in [0.4, 0.5) is 22.4 Å². The molecular weight excluding hydrogens is 406 g/mol. The Morgan fingerprint density at radius 3 is 2.75 bits per heavy atom. The van der Waals surface area contributed by atoms with E-state index >= 15 is 0 Å². The van der Waals surface area contributed by atoms with E-state index in [4.69, 9.17) is 0 Å². The van der Waals surface area contributed by atoms with Gasteiger partial charge in [-0.2, -0.15) is 10.1 Å². The Morgan fingerprint density at radius 1 is 1.34 bits per heavy atom. The second kappa shape index (κ2) is 7.91. The lowest BCUT2D eigenvalue weighted by Crippen LogP contribution is -2.53. The smallest absolute Gasteiger partial charge is 0.318 e. The van der Waals surface area contributed by atoms with Crippen LogP contribution in [0.25, 0.3) is 0 Å². The summed E-state index contributed by atoms with van der Waals surface area (Å²) >= 11 is 0. The summed E-state index contributed by atoms with van der Waals surface area (Å²) in [6.45, 7) is 10.7. The van der Waals surface area contributed by atoms with Crippen LogP contribution in [0.5, 0.6) is 0 Å². The number of H-pyrrole nitrogens is 1. The lowest BCUT2D eigenvalue weighted by molar-refractivity contribution is 0.132. The summed E-state index contributed by atoms with van der Waals surface area (Å²) in [6, 6.07) is 1.75. The molecule has 0 spiro atoms. The lowest BCUT2D eigenvalue weighted by Gasteiger charge is -2.36. The topological polar surface area (TPSA) is 105 Å². The first-order chi connectivity index (χ1) is 15.0. The number of aromatic nitrogens is 4. The van der Waals surface area contributed by atoms with Gasteiger partial charge < -0.3 is 20.4 Å². The Kier molecular flexibility index (Phi) is 5.52. The van der Waals surface area contributed by atoms with Crippen molar-refractivity contribution in [1.29, 1.82) is 0 Å². The lowest BCUT2D eigenvalue weighted by atomic mass is 9.95. The van der Waals surface area contributed by atoms with Crippen molar-refractivity contribution in [3.8, 4) is 0 Å². The van der Waals surface area contributed by atoms with Gasteiger partial charge in [0.25, 0.3) is 0 Å². The van der Waals surface area contributed by atoms with Crippen molar-refractivity contribution in [1.82, 2.24) is 35.3 Å². The highest BCUT2D eigenvalue weighted by Gasteiger charge is 2.45. The Morgan fingerprint density at radius 2 is 2.09 bits per heavy atom. The van der Waals surface area contributed by atoms with Gasteiger partial charge in [0.2, 0.25) is 5.95 Å². The second-order valence-corrected chi connectivity index (χ2v) is 10.2. The minimum absolute atomic E-state index is 0.0152. The molecule has 1 saturated heterocycles. The minimum atomic E-state index is -0.497. The number of aromatic amines is 1. The average Bonchev–Trinajstić information content (AvgIpc) is 3.32. The van der Waals surface area contributed by atoms with E-state index in [1.165, 1.54) is 0 Å². The van der Waals surface area contributed by atoms with Gasteiger partial charge in [-0.15, -0.1) is 0 Å². The van der Waals surface area contributed by atoms with Crippen molar-refractivity contribution in [2.24, 2.45) is 5.92 Å². The second-order valence-electron chi connectivity index (χ2n) is 10.2. The molecule has 0 saturated carbocycles. The van der Waals surface area contributed by atoms with Crippen LogP contribution in [0.15, 0.2) is 12.3 Å². The van der Waals surface area contributed by atoms with E-state index in [9.17, 15) is 4.79 Å². The van der Waals surface area contributed by atoms with Crippen LogP contribution < -0.4 is 15.5 Å². The van der Waals surface area contributed by atoms with Crippen LogP contribution in [0.3, 0.4) is 0 Å². The van der Waals surface area contributed by atoms with Crippen LogP contribution in [0, 0.1) is 5.92 Å². The molecule has 2 aliphatic rings. The Bertz CT molecular complexity index is 1000. The zero-order valence-electron chi connectivity index (χ0n) is 20.2. The molecule has 2 aliphatic heterocycles. The fourth-order valence-electron chi connectivity index (χ4n) is 4.93. The summed E-state index contributed by atoms with van der Waals surface area (Å²) in [4.78, 5) is 28.0. The van der Waals surface area contributed by atoms with E-state index in [2.05, 4.69) is 56.6 Å². The molecule has 10 heteroatoms. The number of anilines is 3. The third-order valence-corrected chi connectivity index (χ3v) is 6.92. The molecule has 2 amide bonds. The van der Waals surface area contributed by atoms with E-state index < -0.39 is 5.54 Å². The summed E-state index contributed by atoms with van der Waals surface area (Å²) < 4.78 is 0. The van der Waals surface area contributed by atoms with Crippen molar-refractivity contribution < 1.29 is 4.79 Å². The highest BCUT2D eigenvalue weighted by molar-refractivity contribution is 5.77. The van der Waals surface area contributed by atoms with Crippen LogP contribution in [0.2, 0.25) is 0 Å². The molecule has 2 aromatic rings. The quantitative estimate of drug-likeness (QED) is 0.655. The Labute approximate surface area is 189 Å². The van der Waals surface area contributed by atoms with Gasteiger partial charge in [-0.1, -0.05) is 6.92 Å². The van der Waals surface area contributed by atoms with E-state index in [1.807, 2.05) is 37.7 Å². The number of nitrogens with zero attached hydrogens (tertiary/aromatic N) is 6. The van der Waals surface area contributed by atoms with Crippen LogP contribution in [-0.2, 0) is 12.1 Å². The van der Waals surface area contributed by atoms with E-state index in [0.29, 0.717) is 36.6 Å². The number of carbonyl (C=O) groups is 1. The predicted molar refractivity (Wildman–Crippen MR) is 125 cm³/mol. The molecule has 174 valence electrons. The number of amides is 2. The van der Waals surface area contributed by atoms with E-state index in [1.54, 1.807) is 12.3 Å². The standard InChI is InChI=1S/C22H35N9O/c1-14-10-22(4,30(7)11-14)13-24-20(32)31-12-15-17(21(31,2)3)27-28-18(15)25-16-8-9-23-19(26-16)29(5)6/h8-9,14H,10-13H2,1-7H3,(H,24,32)(H2,23,25,26,27,28)/t14-,22?/m1/s1. The molecule has 0 bridgehead atoms. The molecule has 0 aliphatic carbocycles. The maximum atomic E-state index is 13.2. The molecule has 10 nitrogen and oxygen atoms in total. The Balaban J connectivity index is 1.48. The number of rotatable bonds is 5. The third kappa shape index (κ3) is 3.87. The van der Waals surface area contributed by atoms with Crippen molar-refractivity contribution in [2.75, 3.05) is 44.4 Å². The molecule has 0 aromatic carbocycles. The van der Waals surface area contributed by atoms with Gasteiger partial charge in [-0.05, 0) is 46.2 Å². The normalized spacial score (nSPS) is 24.5. The number of likely N-dealkylation sites (tertiary alicyclic amines) is 1. The highest BCUT2D eigenvalue weighted by atomic mass is 16.2. The fourth-order valence-corrected chi connectivity index (χ4v) is 4.93. The van der Waals surface area contributed by atoms with Crippen molar-refractivity contribution in [3.63, 3.8) is 0 Å². The van der Waals surface area contributed by atoms with Crippen molar-refractivity contribution >= 4 is 23.6 Å². The van der Waals surface area contributed by atoms with Crippen molar-refractivity contribution in [3.05, 3.63) is 23.5 Å². The van der Waals surface area contributed by atoms with Crippen LogP contribution in [0.1, 0.15) is 45.4 Å². The fraction of sp³-hybridized carbons (Fsp3) is 0.636. The van der Waals surface area contributed by atoms with Gasteiger partial charge in [-0.3, -0.25) is 10.00 Å². The van der Waals surface area contributed by atoms with Gasteiger partial charge in [0.15, 0.2) is 5.82 Å². The number of carbonyl (C=O) groups excluding carboxylic acids is 1. The summed E-state index contributed by atoms with van der Waals surface area (Å²) in [5.41, 5.74) is 1.41. The number of fused-ring (bicyclic) bond motifs is 1. The molecule has 1 fully saturated rings. The summed E-state index contributed by atoms with van der Waals surface area (Å²) in [7, 11) is 5.93. The number of likely N-dealkylation sites (N-methyl/N-ethyl adjacent to an activating group) is 1. The first-order valence-corrected chi connectivity index (χ1v) is 11.1. The van der Waals surface area contributed by atoms with Crippen molar-refractivity contribution in [2.45, 2.75) is 51.7 Å². The zero-order valence-corrected chi connectivity index (χ0v) is 20.2. The van der Waals surface area contributed by atoms with Crippen LogP contribution in [-0.4, -0.2) is 75.8 Å². The number of hydrogen-bond donors (Lipinski definition) is 3. The average molecular weight is 442 g/mol. The number of nitrogens with one attached hydrogen (secondary N) is 3. The summed E-state index contributed by atoms with van der Waals surface area (Å²) in [6.07, 6.45) is 2.79. The molecule has 2 atom stereocenters. The first kappa shape index (κ1) is 22.3. The first-order valence-electron chi connectivity index (χ1n) is 11.1. The van der Waals surface area contributed by atoms with Gasteiger partial charge >= 0.3 is 6.03 Å². The molecule has 0 radical (unpaired) electrons. The minimum Gasteiger partial charge on any atom is -0.347 e. The molecular formula is C22H35N9O. The largest absolute Gasteiger partial charge is 0.347 e. The Hall–Kier alpha value is -2.88. The predicted octanol–water partition coefficient (Wildman–Crippen LogP) is 2.50. The van der Waals surface area contributed by atoms with Crippen LogP contribution >= 0.6 is 0 Å². The van der Waals surface area contributed by atoms with Gasteiger partial charge in [0, 0.05) is 44.5 Å². The number of hydrogen-bond acceptors (Lipinski definition) is 7. The zero-order chi connectivity index (χ0) is 23.3. The molecule has 4 heterocycles.